The fraction of sp³-hybridized carbons (Fsp3) is 0.136. The summed E-state index contributed by atoms with van der Waals surface area (Å²) < 4.78 is 7.37. The van der Waals surface area contributed by atoms with Crippen LogP contribution in [0, 0.1) is 0 Å². The maximum atomic E-state index is 6.34. The molecule has 0 saturated carbocycles. The van der Waals surface area contributed by atoms with E-state index in [1.807, 2.05) is 47.5 Å². The van der Waals surface area contributed by atoms with Gasteiger partial charge < -0.3 is 4.74 Å². The van der Waals surface area contributed by atoms with Crippen LogP contribution in [0.1, 0.15) is 35.4 Å². The summed E-state index contributed by atoms with van der Waals surface area (Å²) in [6.45, 7) is 0. The summed E-state index contributed by atoms with van der Waals surface area (Å²) in [5, 5.41) is 8.61. The topological polar surface area (TPSA) is 24.8 Å². The first-order valence-corrected chi connectivity index (χ1v) is 10.9. The van der Waals surface area contributed by atoms with Gasteiger partial charge in [-0.3, -0.25) is 0 Å². The van der Waals surface area contributed by atoms with Gasteiger partial charge in [0.1, 0.15) is 5.75 Å². The Balaban J connectivity index is 1.61. The zero-order valence-corrected chi connectivity index (χ0v) is 18.8. The second-order valence-electron chi connectivity index (χ2n) is 6.98. The predicted octanol–water partition coefficient (Wildman–Crippen LogP) is 7.65. The molecule has 0 aromatic heterocycles. The molecule has 3 aromatic carbocycles. The standard InChI is InChI=1S/C22H14BrCl3N2O/c23-14-4-1-12(2-5-14)19-11-20-16-10-15(24)6-8-21(16)29-22(28(20)27-19)13-3-7-17(25)18(26)9-13/h1-10,20,22H,11H2. The van der Waals surface area contributed by atoms with E-state index in [4.69, 9.17) is 44.6 Å². The van der Waals surface area contributed by atoms with Crippen molar-refractivity contribution < 1.29 is 4.74 Å². The Kier molecular flexibility index (Phi) is 4.99. The van der Waals surface area contributed by atoms with Crippen molar-refractivity contribution in [1.29, 1.82) is 0 Å². The number of hydrogen-bond acceptors (Lipinski definition) is 3. The summed E-state index contributed by atoms with van der Waals surface area (Å²) in [6, 6.07) is 19.4. The van der Waals surface area contributed by atoms with E-state index in [2.05, 4.69) is 28.1 Å². The van der Waals surface area contributed by atoms with Crippen LogP contribution in [0.25, 0.3) is 0 Å². The largest absolute Gasteiger partial charge is 0.464 e. The molecular formula is C22H14BrCl3N2O. The molecule has 3 aromatic rings. The first-order valence-electron chi connectivity index (χ1n) is 9.02. The quantitative estimate of drug-likeness (QED) is 0.355. The van der Waals surface area contributed by atoms with Gasteiger partial charge in [0, 0.05) is 27.0 Å². The lowest BCUT2D eigenvalue weighted by molar-refractivity contribution is -0.0190. The van der Waals surface area contributed by atoms with Crippen LogP contribution in [0.4, 0.5) is 0 Å². The van der Waals surface area contributed by atoms with E-state index in [1.165, 1.54) is 0 Å². The number of halogens is 4. The predicted molar refractivity (Wildman–Crippen MR) is 121 cm³/mol. The molecule has 5 rings (SSSR count). The van der Waals surface area contributed by atoms with E-state index in [0.29, 0.717) is 15.1 Å². The number of hydrogen-bond donors (Lipinski definition) is 0. The average molecular weight is 509 g/mol. The fourth-order valence-corrected chi connectivity index (χ4v) is 4.51. The molecule has 2 aliphatic rings. The highest BCUT2D eigenvalue weighted by Gasteiger charge is 2.41. The number of hydrazone groups is 1. The molecule has 0 saturated heterocycles. The third kappa shape index (κ3) is 3.53. The summed E-state index contributed by atoms with van der Waals surface area (Å²) in [5.74, 6) is 0.805. The van der Waals surface area contributed by atoms with Crippen molar-refractivity contribution in [3.63, 3.8) is 0 Å². The van der Waals surface area contributed by atoms with Crippen LogP contribution in [0.3, 0.4) is 0 Å². The van der Waals surface area contributed by atoms with Gasteiger partial charge in [0.05, 0.1) is 21.8 Å². The van der Waals surface area contributed by atoms with Gasteiger partial charge in [-0.2, -0.15) is 5.10 Å². The van der Waals surface area contributed by atoms with Gasteiger partial charge in [0.15, 0.2) is 0 Å². The van der Waals surface area contributed by atoms with Crippen molar-refractivity contribution in [1.82, 2.24) is 5.01 Å². The van der Waals surface area contributed by atoms with E-state index in [0.717, 1.165) is 39.0 Å². The smallest absolute Gasteiger partial charge is 0.213 e. The molecule has 0 N–H and O–H groups in total. The molecule has 0 aliphatic carbocycles. The Morgan fingerprint density at radius 1 is 0.931 bits per heavy atom. The van der Waals surface area contributed by atoms with Crippen molar-refractivity contribution in [2.24, 2.45) is 5.10 Å². The van der Waals surface area contributed by atoms with E-state index >= 15 is 0 Å². The third-order valence-corrected chi connectivity index (χ3v) is 6.66. The fourth-order valence-electron chi connectivity index (χ4n) is 3.76. The SMILES string of the molecule is Clc1ccc2c(c1)C1CC(c3ccc(Br)cc3)=NN1C(c1ccc(Cl)c(Cl)c1)O2. The van der Waals surface area contributed by atoms with Crippen molar-refractivity contribution in [3.05, 3.63) is 96.9 Å². The Bertz CT molecular complexity index is 1130. The highest BCUT2D eigenvalue weighted by molar-refractivity contribution is 9.10. The summed E-state index contributed by atoms with van der Waals surface area (Å²) >= 11 is 22.2. The minimum atomic E-state index is -0.406. The molecule has 0 radical (unpaired) electrons. The van der Waals surface area contributed by atoms with Gasteiger partial charge >= 0.3 is 0 Å². The maximum Gasteiger partial charge on any atom is 0.213 e. The molecule has 0 fully saturated rings. The summed E-state index contributed by atoms with van der Waals surface area (Å²) in [5.41, 5.74) is 4.01. The number of ether oxygens (including phenoxy) is 1. The number of fused-ring (bicyclic) bond motifs is 3. The van der Waals surface area contributed by atoms with E-state index < -0.39 is 6.23 Å². The minimum Gasteiger partial charge on any atom is -0.464 e. The molecule has 0 amide bonds. The van der Waals surface area contributed by atoms with Crippen LogP contribution in [-0.4, -0.2) is 10.7 Å². The molecule has 7 heteroatoms. The van der Waals surface area contributed by atoms with Crippen LogP contribution >= 0.6 is 50.7 Å². The maximum absolute atomic E-state index is 6.34. The molecular weight excluding hydrogens is 495 g/mol. The van der Waals surface area contributed by atoms with Crippen LogP contribution in [0.15, 0.2) is 70.2 Å². The summed E-state index contributed by atoms with van der Waals surface area (Å²) in [4.78, 5) is 0. The number of benzene rings is 3. The summed E-state index contributed by atoms with van der Waals surface area (Å²) in [6.07, 6.45) is 0.354. The highest BCUT2D eigenvalue weighted by Crippen LogP contribution is 2.48. The molecule has 0 bridgehead atoms. The molecule has 2 aliphatic heterocycles. The van der Waals surface area contributed by atoms with Gasteiger partial charge in [0.2, 0.25) is 6.23 Å². The third-order valence-electron chi connectivity index (χ3n) is 5.16. The Morgan fingerprint density at radius 2 is 1.72 bits per heavy atom. The monoisotopic (exact) mass is 506 g/mol. The van der Waals surface area contributed by atoms with Crippen LogP contribution < -0.4 is 4.74 Å². The second kappa shape index (κ2) is 7.51. The van der Waals surface area contributed by atoms with Crippen molar-refractivity contribution in [2.45, 2.75) is 18.7 Å². The zero-order valence-electron chi connectivity index (χ0n) is 14.9. The van der Waals surface area contributed by atoms with Crippen LogP contribution in [0.2, 0.25) is 15.1 Å². The van der Waals surface area contributed by atoms with Crippen molar-refractivity contribution >= 4 is 56.4 Å². The average Bonchev–Trinajstić information content (AvgIpc) is 3.16. The van der Waals surface area contributed by atoms with Gasteiger partial charge in [-0.05, 0) is 48.0 Å². The highest BCUT2D eigenvalue weighted by atomic mass is 79.9. The van der Waals surface area contributed by atoms with E-state index in [-0.39, 0.29) is 6.04 Å². The molecule has 2 unspecified atom stereocenters. The normalized spacial score (nSPS) is 20.0. The molecule has 146 valence electrons. The first kappa shape index (κ1) is 19.3. The van der Waals surface area contributed by atoms with Crippen LogP contribution in [0.5, 0.6) is 5.75 Å². The van der Waals surface area contributed by atoms with E-state index in [9.17, 15) is 0 Å². The minimum absolute atomic E-state index is 0.0237. The van der Waals surface area contributed by atoms with Gasteiger partial charge in [-0.15, -0.1) is 0 Å². The number of nitrogens with zero attached hydrogens (tertiary/aromatic N) is 2. The van der Waals surface area contributed by atoms with Crippen LogP contribution in [-0.2, 0) is 0 Å². The lowest BCUT2D eigenvalue weighted by atomic mass is 9.96. The number of rotatable bonds is 2. The lowest BCUT2D eigenvalue weighted by Crippen LogP contribution is -2.33. The second-order valence-corrected chi connectivity index (χ2v) is 9.15. The molecule has 29 heavy (non-hydrogen) atoms. The lowest BCUT2D eigenvalue weighted by Gasteiger charge is -2.38. The van der Waals surface area contributed by atoms with E-state index in [1.54, 1.807) is 6.07 Å². The summed E-state index contributed by atoms with van der Waals surface area (Å²) in [7, 11) is 0. The first-order chi connectivity index (χ1) is 14.0. The van der Waals surface area contributed by atoms with Crippen molar-refractivity contribution in [2.75, 3.05) is 0 Å². The molecule has 2 heterocycles. The molecule has 0 spiro atoms. The Labute approximate surface area is 192 Å². The Morgan fingerprint density at radius 3 is 2.48 bits per heavy atom. The molecule has 3 nitrogen and oxygen atoms in total. The zero-order chi connectivity index (χ0) is 20.1. The van der Waals surface area contributed by atoms with Gasteiger partial charge in [-0.25, -0.2) is 5.01 Å². The Hall–Kier alpha value is -1.72. The van der Waals surface area contributed by atoms with Gasteiger partial charge in [0.25, 0.3) is 0 Å². The van der Waals surface area contributed by atoms with Gasteiger partial charge in [-0.1, -0.05) is 68.9 Å². The molecule has 2 atom stereocenters. The van der Waals surface area contributed by atoms with Crippen molar-refractivity contribution in [3.8, 4) is 5.75 Å².